The first-order valence-electron chi connectivity index (χ1n) is 4.01. The highest BCUT2D eigenvalue weighted by Gasteiger charge is 2.22. The Balaban J connectivity index is 2.37. The van der Waals surface area contributed by atoms with Crippen molar-refractivity contribution >= 4 is 15.9 Å². The highest BCUT2D eigenvalue weighted by molar-refractivity contribution is 9.11. The van der Waals surface area contributed by atoms with E-state index >= 15 is 0 Å². The van der Waals surface area contributed by atoms with Crippen molar-refractivity contribution in [1.82, 2.24) is 4.90 Å². The van der Waals surface area contributed by atoms with Crippen LogP contribution in [0.15, 0.2) is 11.1 Å². The Hall–Kier alpha value is 0.140. The second kappa shape index (κ2) is 4.24. The smallest absolute Gasteiger partial charge is 0.0297 e. The van der Waals surface area contributed by atoms with E-state index in [2.05, 4.69) is 27.4 Å². The van der Waals surface area contributed by atoms with Crippen molar-refractivity contribution in [3.8, 4) is 0 Å². The summed E-state index contributed by atoms with van der Waals surface area (Å²) >= 11 is 3.36. The summed E-state index contributed by atoms with van der Waals surface area (Å²) in [5.74, 6) is 0. The maximum absolute atomic E-state index is 5.61. The molecule has 2 nitrogen and oxygen atoms in total. The monoisotopic (exact) mass is 218 g/mol. The van der Waals surface area contributed by atoms with Gasteiger partial charge in [-0.05, 0) is 19.4 Å². The molecule has 0 spiro atoms. The highest BCUT2D eigenvalue weighted by atomic mass is 79.9. The summed E-state index contributed by atoms with van der Waals surface area (Å²) in [6.45, 7) is 6.72. The average molecular weight is 219 g/mol. The largest absolute Gasteiger partial charge is 0.329 e. The van der Waals surface area contributed by atoms with E-state index in [9.17, 15) is 0 Å². The van der Waals surface area contributed by atoms with Crippen molar-refractivity contribution in [2.75, 3.05) is 19.6 Å². The standard InChI is InChI=1S/C8H15BrN2/c1-7(9)6-11-4-2-3-8(11)5-10/h8H,1-6,10H2. The van der Waals surface area contributed by atoms with Crippen LogP contribution in [0.2, 0.25) is 0 Å². The van der Waals surface area contributed by atoms with Crippen molar-refractivity contribution in [2.45, 2.75) is 18.9 Å². The Kier molecular flexibility index (Phi) is 3.55. The SMILES string of the molecule is C=C(Br)CN1CCCC1CN. The van der Waals surface area contributed by atoms with Gasteiger partial charge in [0.2, 0.25) is 0 Å². The van der Waals surface area contributed by atoms with Crippen LogP contribution in [0.5, 0.6) is 0 Å². The molecule has 1 aliphatic rings. The fourth-order valence-electron chi connectivity index (χ4n) is 1.59. The first-order valence-corrected chi connectivity index (χ1v) is 4.80. The first-order chi connectivity index (χ1) is 5.24. The first kappa shape index (κ1) is 9.23. The molecule has 2 N–H and O–H groups in total. The average Bonchev–Trinajstić information content (AvgIpc) is 2.34. The number of nitrogens with two attached hydrogens (primary N) is 1. The van der Waals surface area contributed by atoms with Gasteiger partial charge < -0.3 is 5.73 Å². The fourth-order valence-corrected chi connectivity index (χ4v) is 1.91. The summed E-state index contributed by atoms with van der Waals surface area (Å²) < 4.78 is 1.05. The van der Waals surface area contributed by atoms with Crippen LogP contribution in [0.25, 0.3) is 0 Å². The van der Waals surface area contributed by atoms with Gasteiger partial charge in [-0.25, -0.2) is 0 Å². The van der Waals surface area contributed by atoms with E-state index in [0.29, 0.717) is 6.04 Å². The molecule has 3 heteroatoms. The van der Waals surface area contributed by atoms with Crippen LogP contribution in [-0.2, 0) is 0 Å². The predicted octanol–water partition coefficient (Wildman–Crippen LogP) is 1.32. The van der Waals surface area contributed by atoms with E-state index in [1.54, 1.807) is 0 Å². The number of rotatable bonds is 3. The van der Waals surface area contributed by atoms with Gasteiger partial charge in [0.25, 0.3) is 0 Å². The van der Waals surface area contributed by atoms with Gasteiger partial charge in [0.1, 0.15) is 0 Å². The molecule has 0 aromatic heterocycles. The molecule has 0 aromatic rings. The van der Waals surface area contributed by atoms with E-state index in [4.69, 9.17) is 5.73 Å². The molecular weight excluding hydrogens is 204 g/mol. The minimum absolute atomic E-state index is 0.587. The summed E-state index contributed by atoms with van der Waals surface area (Å²) in [5, 5.41) is 0. The third-order valence-corrected chi connectivity index (χ3v) is 2.40. The maximum Gasteiger partial charge on any atom is 0.0297 e. The molecule has 1 saturated heterocycles. The molecule has 11 heavy (non-hydrogen) atoms. The van der Waals surface area contributed by atoms with E-state index in [1.165, 1.54) is 19.4 Å². The number of hydrogen-bond donors (Lipinski definition) is 1. The maximum atomic E-state index is 5.61. The molecule has 1 fully saturated rings. The van der Waals surface area contributed by atoms with Gasteiger partial charge in [0.15, 0.2) is 0 Å². The van der Waals surface area contributed by atoms with Crippen molar-refractivity contribution in [2.24, 2.45) is 5.73 Å². The zero-order chi connectivity index (χ0) is 8.27. The lowest BCUT2D eigenvalue weighted by Gasteiger charge is -2.22. The van der Waals surface area contributed by atoms with Crippen molar-refractivity contribution in [1.29, 1.82) is 0 Å². The Labute approximate surface area is 76.6 Å². The molecule has 0 bridgehead atoms. The van der Waals surface area contributed by atoms with Crippen molar-refractivity contribution in [3.05, 3.63) is 11.1 Å². The molecule has 1 unspecified atom stereocenters. The van der Waals surface area contributed by atoms with Crippen LogP contribution in [-0.4, -0.2) is 30.6 Å². The Morgan fingerprint density at radius 1 is 1.73 bits per heavy atom. The minimum atomic E-state index is 0.587. The number of halogens is 1. The molecule has 1 aliphatic heterocycles. The lowest BCUT2D eigenvalue weighted by Crippen LogP contribution is -2.35. The van der Waals surface area contributed by atoms with Crippen LogP contribution >= 0.6 is 15.9 Å². The van der Waals surface area contributed by atoms with Gasteiger partial charge in [-0.15, -0.1) is 0 Å². The molecule has 1 heterocycles. The summed E-state index contributed by atoms with van der Waals surface area (Å²) in [6.07, 6.45) is 2.53. The molecule has 0 aromatic carbocycles. The van der Waals surface area contributed by atoms with Crippen LogP contribution in [0, 0.1) is 0 Å². The van der Waals surface area contributed by atoms with Gasteiger partial charge in [0, 0.05) is 23.6 Å². The van der Waals surface area contributed by atoms with Gasteiger partial charge in [-0.1, -0.05) is 22.5 Å². The zero-order valence-electron chi connectivity index (χ0n) is 6.72. The Morgan fingerprint density at radius 2 is 2.45 bits per heavy atom. The van der Waals surface area contributed by atoms with E-state index in [-0.39, 0.29) is 0 Å². The summed E-state index contributed by atoms with van der Waals surface area (Å²) in [5.41, 5.74) is 5.61. The molecular formula is C8H15BrN2. The Bertz CT molecular complexity index is 147. The van der Waals surface area contributed by atoms with Gasteiger partial charge in [-0.2, -0.15) is 0 Å². The lowest BCUT2D eigenvalue weighted by atomic mass is 10.2. The van der Waals surface area contributed by atoms with E-state index in [0.717, 1.165) is 17.6 Å². The second-order valence-electron chi connectivity index (χ2n) is 3.02. The molecule has 0 aliphatic carbocycles. The quantitative estimate of drug-likeness (QED) is 0.775. The topological polar surface area (TPSA) is 29.3 Å². The number of nitrogens with zero attached hydrogens (tertiary/aromatic N) is 1. The lowest BCUT2D eigenvalue weighted by molar-refractivity contribution is 0.285. The minimum Gasteiger partial charge on any atom is -0.329 e. The normalized spacial score (nSPS) is 25.8. The van der Waals surface area contributed by atoms with E-state index < -0.39 is 0 Å². The van der Waals surface area contributed by atoms with Crippen LogP contribution in [0.3, 0.4) is 0 Å². The molecule has 1 rings (SSSR count). The summed E-state index contributed by atoms with van der Waals surface area (Å²) in [6, 6.07) is 0.587. The third kappa shape index (κ3) is 2.58. The summed E-state index contributed by atoms with van der Waals surface area (Å²) in [7, 11) is 0. The van der Waals surface area contributed by atoms with Crippen molar-refractivity contribution in [3.63, 3.8) is 0 Å². The Morgan fingerprint density at radius 3 is 3.00 bits per heavy atom. The van der Waals surface area contributed by atoms with Crippen LogP contribution < -0.4 is 5.73 Å². The summed E-state index contributed by atoms with van der Waals surface area (Å²) in [4.78, 5) is 2.39. The highest BCUT2D eigenvalue weighted by Crippen LogP contribution is 2.18. The molecule has 1 atom stereocenters. The zero-order valence-corrected chi connectivity index (χ0v) is 8.31. The van der Waals surface area contributed by atoms with Gasteiger partial charge in [0.05, 0.1) is 0 Å². The number of hydrogen-bond acceptors (Lipinski definition) is 2. The van der Waals surface area contributed by atoms with Crippen molar-refractivity contribution < 1.29 is 0 Å². The second-order valence-corrected chi connectivity index (χ2v) is 4.14. The predicted molar refractivity (Wildman–Crippen MR) is 51.7 cm³/mol. The fraction of sp³-hybridized carbons (Fsp3) is 0.750. The van der Waals surface area contributed by atoms with Crippen LogP contribution in [0.4, 0.5) is 0 Å². The van der Waals surface area contributed by atoms with E-state index in [1.807, 2.05) is 0 Å². The number of likely N-dealkylation sites (tertiary alicyclic amines) is 1. The molecule has 64 valence electrons. The van der Waals surface area contributed by atoms with Gasteiger partial charge >= 0.3 is 0 Å². The molecule has 0 saturated carbocycles. The van der Waals surface area contributed by atoms with Gasteiger partial charge in [-0.3, -0.25) is 4.90 Å². The van der Waals surface area contributed by atoms with Crippen LogP contribution in [0.1, 0.15) is 12.8 Å². The third-order valence-electron chi connectivity index (χ3n) is 2.15. The molecule has 0 amide bonds. The molecule has 0 radical (unpaired) electrons.